The van der Waals surface area contributed by atoms with Gasteiger partial charge in [-0.3, -0.25) is 0 Å². The maximum Gasteiger partial charge on any atom is -0.00774 e. The molecule has 0 aromatic carbocycles. The molecule has 0 unspecified atom stereocenters. The number of nitrogens with two attached hydrogens (primary N) is 1. The molecule has 0 rings (SSSR count). The monoisotopic (exact) mass is 115 g/mol. The molecule has 0 aromatic rings. The van der Waals surface area contributed by atoms with Gasteiger partial charge in [-0.05, 0) is 19.9 Å². The third-order valence-electron chi connectivity index (χ3n) is 0.558. The molecule has 50 valence electrons. The predicted octanol–water partition coefficient (Wildman–Crippen LogP) is 1.94. The fraction of sp³-hybridized carbons (Fsp3) is 0.714. The van der Waals surface area contributed by atoms with Gasteiger partial charge in [-0.2, -0.15) is 0 Å². The molecule has 8 heavy (non-hydrogen) atoms. The lowest BCUT2D eigenvalue weighted by Crippen LogP contribution is -1.95. The Morgan fingerprint density at radius 1 is 1.62 bits per heavy atom. The van der Waals surface area contributed by atoms with Crippen LogP contribution in [0.2, 0.25) is 0 Å². The van der Waals surface area contributed by atoms with Crippen LogP contribution in [0.15, 0.2) is 12.7 Å². The summed E-state index contributed by atoms with van der Waals surface area (Å²) in [5.74, 6) is 0. The summed E-state index contributed by atoms with van der Waals surface area (Å²) in [5, 5.41) is 0. The number of hydrogen-bond acceptors (Lipinski definition) is 1. The molecule has 0 saturated heterocycles. The summed E-state index contributed by atoms with van der Waals surface area (Å²) in [6, 6.07) is 0. The first-order valence-corrected chi connectivity index (χ1v) is 3.10. The molecule has 0 atom stereocenters. The maximum absolute atomic E-state index is 5.14. The lowest BCUT2D eigenvalue weighted by atomic mass is 10.3. The largest absolute Gasteiger partial charge is 0.330 e. The van der Waals surface area contributed by atoms with Gasteiger partial charge < -0.3 is 5.73 Å². The van der Waals surface area contributed by atoms with E-state index in [9.17, 15) is 0 Å². The lowest BCUT2D eigenvalue weighted by molar-refractivity contribution is 0.807. The minimum absolute atomic E-state index is 0.844. The second-order valence-electron chi connectivity index (χ2n) is 1.55. The van der Waals surface area contributed by atoms with Crippen LogP contribution >= 0.6 is 0 Å². The van der Waals surface area contributed by atoms with E-state index in [-0.39, 0.29) is 0 Å². The Balaban J connectivity index is 0. The quantitative estimate of drug-likeness (QED) is 0.547. The Hall–Kier alpha value is -0.300. The molecule has 0 bridgehead atoms. The van der Waals surface area contributed by atoms with Gasteiger partial charge in [0.25, 0.3) is 0 Å². The van der Waals surface area contributed by atoms with Crippen molar-refractivity contribution < 1.29 is 0 Å². The predicted molar refractivity (Wildman–Crippen MR) is 39.8 cm³/mol. The summed E-state index contributed by atoms with van der Waals surface area (Å²) >= 11 is 0. The van der Waals surface area contributed by atoms with E-state index in [1.165, 1.54) is 12.8 Å². The molecule has 0 aliphatic carbocycles. The van der Waals surface area contributed by atoms with Crippen molar-refractivity contribution in [2.75, 3.05) is 6.54 Å². The summed E-state index contributed by atoms with van der Waals surface area (Å²) in [7, 11) is 0. The van der Waals surface area contributed by atoms with Gasteiger partial charge in [0.05, 0.1) is 0 Å². The molecule has 0 aliphatic heterocycles. The summed E-state index contributed by atoms with van der Waals surface area (Å²) in [5.41, 5.74) is 5.14. The standard InChI is InChI=1S/C4H11N.C3H6/c1-2-3-4-5;1-3-2/h2-5H2,1H3;3H,1H2,2H3. The summed E-state index contributed by atoms with van der Waals surface area (Å²) in [6.07, 6.45) is 4.14. The Morgan fingerprint density at radius 2 is 2.00 bits per heavy atom. The van der Waals surface area contributed by atoms with Crippen LogP contribution in [0, 0.1) is 0 Å². The van der Waals surface area contributed by atoms with Crippen molar-refractivity contribution in [1.29, 1.82) is 0 Å². The Bertz CT molecular complexity index is 31.4. The van der Waals surface area contributed by atoms with E-state index in [0.29, 0.717) is 0 Å². The molecule has 1 heteroatoms. The molecule has 0 fully saturated rings. The Labute approximate surface area is 52.6 Å². The van der Waals surface area contributed by atoms with Crippen LogP contribution in [0.4, 0.5) is 0 Å². The summed E-state index contributed by atoms with van der Waals surface area (Å²) in [4.78, 5) is 0. The second kappa shape index (κ2) is 15.9. The topological polar surface area (TPSA) is 26.0 Å². The van der Waals surface area contributed by atoms with Crippen molar-refractivity contribution in [2.24, 2.45) is 5.73 Å². The van der Waals surface area contributed by atoms with Gasteiger partial charge in [0, 0.05) is 0 Å². The SMILES string of the molecule is C=CC.CCCCN. The van der Waals surface area contributed by atoms with Gasteiger partial charge >= 0.3 is 0 Å². The summed E-state index contributed by atoms with van der Waals surface area (Å²) in [6.45, 7) is 8.23. The van der Waals surface area contributed by atoms with Crippen molar-refractivity contribution in [1.82, 2.24) is 0 Å². The highest BCUT2D eigenvalue weighted by atomic mass is 14.5. The molecule has 0 spiro atoms. The molecule has 0 aliphatic rings. The number of rotatable bonds is 2. The molecule has 0 saturated carbocycles. The van der Waals surface area contributed by atoms with Crippen molar-refractivity contribution in [3.05, 3.63) is 12.7 Å². The molecule has 0 aromatic heterocycles. The summed E-state index contributed by atoms with van der Waals surface area (Å²) < 4.78 is 0. The minimum Gasteiger partial charge on any atom is -0.330 e. The van der Waals surface area contributed by atoms with Crippen LogP contribution in [-0.2, 0) is 0 Å². The molecule has 1 nitrogen and oxygen atoms in total. The van der Waals surface area contributed by atoms with E-state index in [0.717, 1.165) is 6.54 Å². The van der Waals surface area contributed by atoms with E-state index >= 15 is 0 Å². The first-order chi connectivity index (χ1) is 3.83. The lowest BCUT2D eigenvalue weighted by Gasteiger charge is -1.80. The zero-order valence-electron chi connectivity index (χ0n) is 5.98. The van der Waals surface area contributed by atoms with Crippen molar-refractivity contribution in [3.8, 4) is 0 Å². The van der Waals surface area contributed by atoms with Crippen LogP contribution in [-0.4, -0.2) is 6.54 Å². The first kappa shape index (κ1) is 10.6. The number of allylic oxidation sites excluding steroid dienone is 1. The van der Waals surface area contributed by atoms with Gasteiger partial charge in [-0.1, -0.05) is 19.4 Å². The Kier molecular flexibility index (Phi) is 21.1. The zero-order valence-corrected chi connectivity index (χ0v) is 5.98. The van der Waals surface area contributed by atoms with Gasteiger partial charge in [0.15, 0.2) is 0 Å². The van der Waals surface area contributed by atoms with E-state index in [1.54, 1.807) is 6.08 Å². The highest BCUT2D eigenvalue weighted by Gasteiger charge is 1.67. The fourth-order valence-corrected chi connectivity index (χ4v) is 0.204. The molecule has 0 heterocycles. The molecule has 0 amide bonds. The molecular weight excluding hydrogens is 98.1 g/mol. The Morgan fingerprint density at radius 3 is 2.00 bits per heavy atom. The third kappa shape index (κ3) is 43.6. The van der Waals surface area contributed by atoms with E-state index in [4.69, 9.17) is 5.73 Å². The van der Waals surface area contributed by atoms with Crippen LogP contribution in [0.3, 0.4) is 0 Å². The first-order valence-electron chi connectivity index (χ1n) is 3.10. The molecular formula is C7H17N. The van der Waals surface area contributed by atoms with Crippen molar-refractivity contribution in [2.45, 2.75) is 26.7 Å². The minimum atomic E-state index is 0.844. The highest BCUT2D eigenvalue weighted by molar-refractivity contribution is 4.51. The van der Waals surface area contributed by atoms with Crippen molar-refractivity contribution in [3.63, 3.8) is 0 Å². The number of unbranched alkanes of at least 4 members (excludes halogenated alkanes) is 1. The van der Waals surface area contributed by atoms with E-state index in [1.807, 2.05) is 6.92 Å². The molecule has 2 N–H and O–H groups in total. The average molecular weight is 115 g/mol. The van der Waals surface area contributed by atoms with Crippen LogP contribution < -0.4 is 5.73 Å². The highest BCUT2D eigenvalue weighted by Crippen LogP contribution is 1.77. The zero-order chi connectivity index (χ0) is 6.83. The van der Waals surface area contributed by atoms with E-state index in [2.05, 4.69) is 13.5 Å². The smallest absolute Gasteiger partial charge is 0.00774 e. The maximum atomic E-state index is 5.14. The second-order valence-corrected chi connectivity index (χ2v) is 1.55. The third-order valence-corrected chi connectivity index (χ3v) is 0.558. The van der Waals surface area contributed by atoms with Gasteiger partial charge in [-0.25, -0.2) is 0 Å². The fourth-order valence-electron chi connectivity index (χ4n) is 0.204. The van der Waals surface area contributed by atoms with E-state index < -0.39 is 0 Å². The molecule has 0 radical (unpaired) electrons. The van der Waals surface area contributed by atoms with Gasteiger partial charge in [0.1, 0.15) is 0 Å². The van der Waals surface area contributed by atoms with Crippen molar-refractivity contribution >= 4 is 0 Å². The number of hydrogen-bond donors (Lipinski definition) is 1. The average Bonchev–Trinajstić information content (AvgIpc) is 1.71. The normalized spacial score (nSPS) is 6.88. The van der Waals surface area contributed by atoms with Crippen LogP contribution in [0.25, 0.3) is 0 Å². The van der Waals surface area contributed by atoms with Gasteiger partial charge in [-0.15, -0.1) is 6.58 Å². The van der Waals surface area contributed by atoms with Crippen LogP contribution in [0.5, 0.6) is 0 Å². The van der Waals surface area contributed by atoms with Gasteiger partial charge in [0.2, 0.25) is 0 Å². The van der Waals surface area contributed by atoms with Crippen LogP contribution in [0.1, 0.15) is 26.7 Å².